The quantitative estimate of drug-likeness (QED) is 0.764. The van der Waals surface area contributed by atoms with Gasteiger partial charge < -0.3 is 5.32 Å². The Morgan fingerprint density at radius 2 is 1.96 bits per heavy atom. The molecule has 0 saturated carbocycles. The first-order valence-corrected chi connectivity index (χ1v) is 11.9. The summed E-state index contributed by atoms with van der Waals surface area (Å²) in [6.07, 6.45) is 0.705. The first kappa shape index (κ1) is 21.2. The highest BCUT2D eigenvalue weighted by molar-refractivity contribution is 7.99. The van der Waals surface area contributed by atoms with E-state index >= 15 is 0 Å². The van der Waals surface area contributed by atoms with Gasteiger partial charge in [-0.3, -0.25) is 4.79 Å². The Bertz CT molecular complexity index is 979. The van der Waals surface area contributed by atoms with Crippen LogP contribution >= 0.6 is 23.4 Å². The number of thioether (sulfide) groups is 1. The van der Waals surface area contributed by atoms with Gasteiger partial charge in [-0.15, -0.1) is 0 Å². The highest BCUT2D eigenvalue weighted by Gasteiger charge is 2.30. The Morgan fingerprint density at radius 1 is 1.21 bits per heavy atom. The minimum absolute atomic E-state index is 0.178. The van der Waals surface area contributed by atoms with Crippen LogP contribution in [-0.4, -0.2) is 37.5 Å². The van der Waals surface area contributed by atoms with E-state index in [4.69, 9.17) is 11.6 Å². The molecule has 28 heavy (non-hydrogen) atoms. The first-order valence-electron chi connectivity index (χ1n) is 9.03. The third-order valence-electron chi connectivity index (χ3n) is 4.67. The van der Waals surface area contributed by atoms with Gasteiger partial charge in [-0.2, -0.15) is 16.1 Å². The second-order valence-electron chi connectivity index (χ2n) is 6.74. The van der Waals surface area contributed by atoms with Gasteiger partial charge in [0.15, 0.2) is 0 Å². The molecule has 0 aliphatic carbocycles. The Morgan fingerprint density at radius 3 is 2.64 bits per heavy atom. The van der Waals surface area contributed by atoms with Crippen molar-refractivity contribution in [3.8, 4) is 0 Å². The van der Waals surface area contributed by atoms with E-state index in [1.807, 2.05) is 24.3 Å². The molecule has 0 radical (unpaired) electrons. The van der Waals surface area contributed by atoms with Crippen molar-refractivity contribution in [1.29, 1.82) is 0 Å². The van der Waals surface area contributed by atoms with E-state index < -0.39 is 10.0 Å². The smallest absolute Gasteiger partial charge is 0.243 e. The van der Waals surface area contributed by atoms with E-state index in [0.29, 0.717) is 36.5 Å². The van der Waals surface area contributed by atoms with Gasteiger partial charge in [-0.25, -0.2) is 8.42 Å². The zero-order chi connectivity index (χ0) is 20.3. The van der Waals surface area contributed by atoms with Crippen molar-refractivity contribution >= 4 is 45.0 Å². The molecule has 1 saturated heterocycles. The Balaban J connectivity index is 1.79. The number of amides is 1. The topological polar surface area (TPSA) is 66.5 Å². The summed E-state index contributed by atoms with van der Waals surface area (Å²) in [4.78, 5) is 11.5. The number of anilines is 1. The van der Waals surface area contributed by atoms with E-state index in [9.17, 15) is 13.2 Å². The van der Waals surface area contributed by atoms with Crippen LogP contribution < -0.4 is 5.32 Å². The summed E-state index contributed by atoms with van der Waals surface area (Å²) in [5.74, 6) is 0.517. The van der Waals surface area contributed by atoms with Gasteiger partial charge in [-0.05, 0) is 48.7 Å². The Labute approximate surface area is 175 Å². The molecule has 3 rings (SSSR count). The summed E-state index contributed by atoms with van der Waals surface area (Å²) < 4.78 is 28.0. The second-order valence-corrected chi connectivity index (χ2v) is 10.4. The zero-order valence-corrected chi connectivity index (χ0v) is 18.2. The number of sulfonamides is 1. The molecule has 0 aromatic heterocycles. The van der Waals surface area contributed by atoms with Crippen molar-refractivity contribution in [3.63, 3.8) is 0 Å². The number of rotatable bonds is 4. The lowest BCUT2D eigenvalue weighted by atomic mass is 10.1. The highest BCUT2D eigenvalue weighted by atomic mass is 35.5. The minimum atomic E-state index is -3.60. The van der Waals surface area contributed by atoms with Crippen LogP contribution in [0.4, 0.5) is 5.69 Å². The highest BCUT2D eigenvalue weighted by Crippen LogP contribution is 2.38. The standard InChI is InChI=1S/C20H23ClN2O3S2/c1-14-13-16(22-15(2)24)7-8-20(14)28(25,26)23-10-9-19(27-12-11-23)17-5-3-4-6-18(17)21/h3-8,13,19H,9-12H2,1-2H3,(H,22,24)/t19-/m0/s1. The van der Waals surface area contributed by atoms with Gasteiger partial charge in [-0.1, -0.05) is 29.8 Å². The van der Waals surface area contributed by atoms with Crippen LogP contribution in [0.2, 0.25) is 5.02 Å². The van der Waals surface area contributed by atoms with Crippen LogP contribution in [-0.2, 0) is 14.8 Å². The molecule has 8 heteroatoms. The van der Waals surface area contributed by atoms with Crippen molar-refractivity contribution in [2.45, 2.75) is 30.4 Å². The summed E-state index contributed by atoms with van der Waals surface area (Å²) in [7, 11) is -3.60. The maximum absolute atomic E-state index is 13.2. The molecule has 1 aliphatic heterocycles. The van der Waals surface area contributed by atoms with Gasteiger partial charge in [0.25, 0.3) is 0 Å². The molecule has 0 bridgehead atoms. The number of aryl methyl sites for hydroxylation is 1. The number of halogens is 1. The molecule has 0 unspecified atom stereocenters. The number of carbonyl (C=O) groups excluding carboxylic acids is 1. The van der Waals surface area contributed by atoms with Gasteiger partial charge in [0, 0.05) is 41.7 Å². The molecule has 0 spiro atoms. The van der Waals surface area contributed by atoms with Crippen molar-refractivity contribution in [2.24, 2.45) is 0 Å². The molecule has 1 atom stereocenters. The Kier molecular flexibility index (Phi) is 6.70. The molecule has 2 aromatic rings. The van der Waals surface area contributed by atoms with E-state index in [1.54, 1.807) is 41.2 Å². The molecule has 1 N–H and O–H groups in total. The average molecular weight is 439 g/mol. The van der Waals surface area contributed by atoms with Crippen LogP contribution in [0.1, 0.15) is 29.7 Å². The molecule has 1 amide bonds. The normalized spacial score (nSPS) is 18.5. The number of nitrogens with one attached hydrogen (secondary N) is 1. The second kappa shape index (κ2) is 8.86. The predicted octanol–water partition coefficient (Wildman–Crippen LogP) is 4.48. The van der Waals surface area contributed by atoms with Gasteiger partial charge in [0.05, 0.1) is 4.90 Å². The van der Waals surface area contributed by atoms with Crippen LogP contribution in [0.3, 0.4) is 0 Å². The monoisotopic (exact) mass is 438 g/mol. The summed E-state index contributed by atoms with van der Waals surface area (Å²) in [6, 6.07) is 12.6. The fraction of sp³-hybridized carbons (Fsp3) is 0.350. The third-order valence-corrected chi connectivity index (χ3v) is 8.38. The van der Waals surface area contributed by atoms with Crippen molar-refractivity contribution in [2.75, 3.05) is 24.2 Å². The van der Waals surface area contributed by atoms with Crippen LogP contribution in [0, 0.1) is 6.92 Å². The number of hydrogen-bond acceptors (Lipinski definition) is 4. The molecule has 2 aromatic carbocycles. The van der Waals surface area contributed by atoms with Crippen LogP contribution in [0.5, 0.6) is 0 Å². The maximum atomic E-state index is 13.2. The molecule has 1 aliphatic rings. The predicted molar refractivity (Wildman–Crippen MR) is 116 cm³/mol. The zero-order valence-electron chi connectivity index (χ0n) is 15.8. The molecular formula is C20H23ClN2O3S2. The van der Waals surface area contributed by atoms with E-state index in [2.05, 4.69) is 5.32 Å². The average Bonchev–Trinajstić information content (AvgIpc) is 2.88. The summed E-state index contributed by atoms with van der Waals surface area (Å²) in [6.45, 7) is 4.07. The molecule has 1 fully saturated rings. The number of carbonyl (C=O) groups is 1. The SMILES string of the molecule is CC(=O)Nc1ccc(S(=O)(=O)N2CCS[C@H](c3ccccc3Cl)CC2)c(C)c1. The largest absolute Gasteiger partial charge is 0.326 e. The molecule has 150 valence electrons. The first-order chi connectivity index (χ1) is 13.3. The van der Waals surface area contributed by atoms with Crippen molar-refractivity contribution < 1.29 is 13.2 Å². The van der Waals surface area contributed by atoms with E-state index in [1.165, 1.54) is 6.92 Å². The maximum Gasteiger partial charge on any atom is 0.243 e. The van der Waals surface area contributed by atoms with Crippen molar-refractivity contribution in [3.05, 3.63) is 58.6 Å². The lowest BCUT2D eigenvalue weighted by Crippen LogP contribution is -2.33. The summed E-state index contributed by atoms with van der Waals surface area (Å²) >= 11 is 8.07. The fourth-order valence-corrected chi connectivity index (χ4v) is 6.71. The van der Waals surface area contributed by atoms with E-state index in [0.717, 1.165) is 10.6 Å². The number of hydrogen-bond donors (Lipinski definition) is 1. The Hall–Kier alpha value is -1.54. The van der Waals surface area contributed by atoms with Crippen LogP contribution in [0.15, 0.2) is 47.4 Å². The minimum Gasteiger partial charge on any atom is -0.326 e. The molecular weight excluding hydrogens is 416 g/mol. The number of benzene rings is 2. The summed E-state index contributed by atoms with van der Waals surface area (Å²) in [5.41, 5.74) is 2.27. The van der Waals surface area contributed by atoms with Gasteiger partial charge in [0.1, 0.15) is 0 Å². The van der Waals surface area contributed by atoms with Crippen molar-refractivity contribution in [1.82, 2.24) is 4.31 Å². The third kappa shape index (κ3) is 4.71. The molecule has 5 nitrogen and oxygen atoms in total. The summed E-state index contributed by atoms with van der Waals surface area (Å²) in [5, 5.41) is 3.58. The van der Waals surface area contributed by atoms with Gasteiger partial charge in [0.2, 0.25) is 15.9 Å². The molecule has 1 heterocycles. The van der Waals surface area contributed by atoms with Gasteiger partial charge >= 0.3 is 0 Å². The van der Waals surface area contributed by atoms with E-state index in [-0.39, 0.29) is 16.1 Å². The lowest BCUT2D eigenvalue weighted by molar-refractivity contribution is -0.114. The fourth-order valence-electron chi connectivity index (χ4n) is 3.33. The number of nitrogens with zero attached hydrogens (tertiary/aromatic N) is 1. The van der Waals surface area contributed by atoms with Crippen LogP contribution in [0.25, 0.3) is 0 Å². The lowest BCUT2D eigenvalue weighted by Gasteiger charge is -2.21.